The highest BCUT2D eigenvalue weighted by Crippen LogP contribution is 2.27. The van der Waals surface area contributed by atoms with E-state index in [1.807, 2.05) is 40.8 Å². The van der Waals surface area contributed by atoms with Crippen molar-refractivity contribution >= 4 is 39.7 Å². The van der Waals surface area contributed by atoms with Gasteiger partial charge in [-0.05, 0) is 39.2 Å². The molecule has 0 N–H and O–H groups in total. The van der Waals surface area contributed by atoms with Crippen LogP contribution in [-0.4, -0.2) is 48.4 Å². The Labute approximate surface area is 157 Å². The van der Waals surface area contributed by atoms with Gasteiger partial charge in [-0.1, -0.05) is 30.0 Å². The molecule has 1 aromatic carbocycles. The minimum Gasteiger partial charge on any atom is -0.337 e. The predicted octanol–water partition coefficient (Wildman–Crippen LogP) is 3.40. The Balaban J connectivity index is 1.55. The van der Waals surface area contributed by atoms with Gasteiger partial charge in [-0.2, -0.15) is 0 Å². The van der Waals surface area contributed by atoms with E-state index in [2.05, 4.69) is 29.0 Å². The Hall–Kier alpha value is -2.15. The summed E-state index contributed by atoms with van der Waals surface area (Å²) in [5.41, 5.74) is 2.69. The van der Waals surface area contributed by atoms with E-state index in [-0.39, 0.29) is 5.91 Å². The minimum absolute atomic E-state index is 0.162. The van der Waals surface area contributed by atoms with Crippen molar-refractivity contribution in [2.24, 2.45) is 7.05 Å². The molecule has 6 nitrogen and oxygen atoms in total. The second-order valence-electron chi connectivity index (χ2n) is 7.06. The quantitative estimate of drug-likeness (QED) is 0.662. The van der Waals surface area contributed by atoms with Crippen LogP contribution in [0.15, 0.2) is 29.4 Å². The van der Waals surface area contributed by atoms with Crippen molar-refractivity contribution in [3.63, 3.8) is 0 Å². The molecule has 0 bridgehead atoms. The van der Waals surface area contributed by atoms with Crippen LogP contribution < -0.4 is 0 Å². The van der Waals surface area contributed by atoms with Crippen LogP contribution in [-0.2, 0) is 11.8 Å². The molecule has 1 aliphatic heterocycles. The number of fused-ring (bicyclic) bond motifs is 3. The summed E-state index contributed by atoms with van der Waals surface area (Å²) in [6.07, 6.45) is 3.37. The fraction of sp³-hybridized carbons (Fsp3) is 0.474. The maximum absolute atomic E-state index is 12.7. The number of aryl methyl sites for hydroxylation is 1. The number of rotatable bonds is 3. The van der Waals surface area contributed by atoms with E-state index in [4.69, 9.17) is 0 Å². The lowest BCUT2D eigenvalue weighted by atomic mass is 9.98. The van der Waals surface area contributed by atoms with E-state index in [9.17, 15) is 4.79 Å². The van der Waals surface area contributed by atoms with Gasteiger partial charge in [0.1, 0.15) is 5.52 Å². The van der Waals surface area contributed by atoms with Gasteiger partial charge in [-0.3, -0.25) is 4.79 Å². The number of thioether (sulfide) groups is 1. The molecule has 1 amide bonds. The van der Waals surface area contributed by atoms with Crippen molar-refractivity contribution in [3.8, 4) is 0 Å². The van der Waals surface area contributed by atoms with Gasteiger partial charge in [0, 0.05) is 24.5 Å². The van der Waals surface area contributed by atoms with Crippen LogP contribution in [0.4, 0.5) is 0 Å². The van der Waals surface area contributed by atoms with Gasteiger partial charge in [0.15, 0.2) is 5.65 Å². The number of hydrogen-bond donors (Lipinski definition) is 0. The highest BCUT2D eigenvalue weighted by atomic mass is 32.2. The molecule has 3 heterocycles. The van der Waals surface area contributed by atoms with Crippen molar-refractivity contribution in [1.29, 1.82) is 0 Å². The Bertz CT molecular complexity index is 959. The highest BCUT2D eigenvalue weighted by Gasteiger charge is 2.28. The second-order valence-corrected chi connectivity index (χ2v) is 8.00. The number of aromatic nitrogens is 4. The third-order valence-corrected chi connectivity index (χ3v) is 6.12. The number of likely N-dealkylation sites (tertiary alicyclic amines) is 1. The first-order chi connectivity index (χ1) is 12.6. The molecular formula is C19H23N5OS. The summed E-state index contributed by atoms with van der Waals surface area (Å²) in [6.45, 7) is 4.27. The monoisotopic (exact) mass is 369 g/mol. The van der Waals surface area contributed by atoms with Crippen LogP contribution in [0, 0.1) is 0 Å². The second kappa shape index (κ2) is 6.87. The van der Waals surface area contributed by atoms with Crippen molar-refractivity contribution in [2.75, 3.05) is 5.75 Å². The van der Waals surface area contributed by atoms with Gasteiger partial charge in [0.2, 0.25) is 11.1 Å². The number of benzene rings is 1. The average molecular weight is 369 g/mol. The zero-order valence-corrected chi connectivity index (χ0v) is 16.2. The summed E-state index contributed by atoms with van der Waals surface area (Å²) < 4.78 is 2.03. The molecule has 0 radical (unpaired) electrons. The molecule has 4 rings (SSSR count). The molecule has 0 saturated carbocycles. The number of carbonyl (C=O) groups excluding carboxylic acids is 1. The van der Waals surface area contributed by atoms with Crippen LogP contribution in [0.1, 0.15) is 33.1 Å². The lowest BCUT2D eigenvalue weighted by Gasteiger charge is -2.39. The van der Waals surface area contributed by atoms with Crippen molar-refractivity contribution in [3.05, 3.63) is 24.3 Å². The maximum Gasteiger partial charge on any atom is 0.233 e. The Morgan fingerprint density at radius 1 is 1.19 bits per heavy atom. The first kappa shape index (κ1) is 17.3. The lowest BCUT2D eigenvalue weighted by molar-refractivity contribution is -0.134. The molecule has 0 aliphatic carbocycles. The van der Waals surface area contributed by atoms with Gasteiger partial charge in [-0.15, -0.1) is 10.2 Å². The summed E-state index contributed by atoms with van der Waals surface area (Å²) in [5, 5.41) is 10.2. The summed E-state index contributed by atoms with van der Waals surface area (Å²) in [6, 6.07) is 8.70. The molecule has 2 atom stereocenters. The van der Waals surface area contributed by atoms with Gasteiger partial charge < -0.3 is 9.47 Å². The van der Waals surface area contributed by atoms with Crippen LogP contribution in [0.3, 0.4) is 0 Å². The number of piperidine rings is 1. The fourth-order valence-corrected chi connectivity index (χ4v) is 4.62. The first-order valence-electron chi connectivity index (χ1n) is 9.08. The zero-order valence-electron chi connectivity index (χ0n) is 15.3. The summed E-state index contributed by atoms with van der Waals surface area (Å²) in [4.78, 5) is 19.4. The predicted molar refractivity (Wildman–Crippen MR) is 104 cm³/mol. The van der Waals surface area contributed by atoms with E-state index in [0.29, 0.717) is 23.0 Å². The lowest BCUT2D eigenvalue weighted by Crippen LogP contribution is -2.48. The van der Waals surface area contributed by atoms with Crippen molar-refractivity contribution in [1.82, 2.24) is 24.6 Å². The molecular weight excluding hydrogens is 346 g/mol. The molecule has 7 heteroatoms. The number of para-hydroxylation sites is 1. The molecule has 1 saturated heterocycles. The third kappa shape index (κ3) is 2.94. The van der Waals surface area contributed by atoms with E-state index in [1.165, 1.54) is 18.2 Å². The number of amides is 1. The summed E-state index contributed by atoms with van der Waals surface area (Å²) in [7, 11) is 1.98. The molecule has 1 aliphatic rings. The largest absolute Gasteiger partial charge is 0.337 e. The topological polar surface area (TPSA) is 63.9 Å². The normalized spacial score (nSPS) is 20.8. The first-order valence-corrected chi connectivity index (χ1v) is 10.1. The van der Waals surface area contributed by atoms with Gasteiger partial charge in [0.25, 0.3) is 0 Å². The van der Waals surface area contributed by atoms with Crippen molar-refractivity contribution < 1.29 is 4.79 Å². The van der Waals surface area contributed by atoms with Gasteiger partial charge in [-0.25, -0.2) is 4.98 Å². The smallest absolute Gasteiger partial charge is 0.233 e. The van der Waals surface area contributed by atoms with Crippen molar-refractivity contribution in [2.45, 2.75) is 50.4 Å². The zero-order chi connectivity index (χ0) is 18.3. The summed E-state index contributed by atoms with van der Waals surface area (Å²) >= 11 is 1.37. The summed E-state index contributed by atoms with van der Waals surface area (Å²) in [5.74, 6) is 0.515. The van der Waals surface area contributed by atoms with Gasteiger partial charge >= 0.3 is 0 Å². The molecule has 1 fully saturated rings. The highest BCUT2D eigenvalue weighted by molar-refractivity contribution is 7.99. The van der Waals surface area contributed by atoms with E-state index >= 15 is 0 Å². The fourth-order valence-electron chi connectivity index (χ4n) is 3.97. The SMILES string of the molecule is C[C@@H]1CCC[C@H](C)N1C(=O)CSc1nnc2c3ccccc3n(C)c2n1. The van der Waals surface area contributed by atoms with Gasteiger partial charge in [0.05, 0.1) is 11.3 Å². The molecule has 26 heavy (non-hydrogen) atoms. The number of hydrogen-bond acceptors (Lipinski definition) is 5. The minimum atomic E-state index is 0.162. The molecule has 2 aromatic heterocycles. The Morgan fingerprint density at radius 2 is 1.92 bits per heavy atom. The van der Waals surface area contributed by atoms with E-state index in [1.54, 1.807) is 0 Å². The average Bonchev–Trinajstić information content (AvgIpc) is 2.92. The standard InChI is InChI=1S/C19H23N5OS/c1-12-7-6-8-13(2)24(12)16(25)11-26-19-20-18-17(21-22-19)14-9-4-5-10-15(14)23(18)3/h4-5,9-10,12-13H,6-8,11H2,1-3H3/t12-,13+. The molecule has 0 spiro atoms. The Morgan fingerprint density at radius 3 is 2.69 bits per heavy atom. The van der Waals surface area contributed by atoms with Crippen LogP contribution >= 0.6 is 11.8 Å². The number of nitrogens with zero attached hydrogens (tertiary/aromatic N) is 5. The van der Waals surface area contributed by atoms with Crippen LogP contribution in [0.25, 0.3) is 22.1 Å². The third-order valence-electron chi connectivity index (χ3n) is 5.29. The Kier molecular flexibility index (Phi) is 4.56. The van der Waals surface area contributed by atoms with E-state index < -0.39 is 0 Å². The van der Waals surface area contributed by atoms with E-state index in [0.717, 1.165) is 34.9 Å². The van der Waals surface area contributed by atoms with Crippen LogP contribution in [0.5, 0.6) is 0 Å². The molecule has 3 aromatic rings. The number of carbonyl (C=O) groups is 1. The van der Waals surface area contributed by atoms with Crippen LogP contribution in [0.2, 0.25) is 0 Å². The molecule has 136 valence electrons. The molecule has 0 unspecified atom stereocenters. The maximum atomic E-state index is 12.7.